The molecule has 1 N–H and O–H groups in total. The molecule has 0 spiro atoms. The summed E-state index contributed by atoms with van der Waals surface area (Å²) in [5, 5.41) is 4.15. The van der Waals surface area contributed by atoms with Gasteiger partial charge in [-0.25, -0.2) is 13.6 Å². The fraction of sp³-hybridized carbons (Fsp3) is 0.316. The summed E-state index contributed by atoms with van der Waals surface area (Å²) in [4.78, 5) is 39.0. The Balaban J connectivity index is 1.83. The Morgan fingerprint density at radius 2 is 2.00 bits per heavy atom. The molecular formula is C19H18F2N2O4S. The Morgan fingerprint density at radius 3 is 2.68 bits per heavy atom. The third kappa shape index (κ3) is 4.04. The minimum atomic E-state index is -1.09. The largest absolute Gasteiger partial charge is 0.465 e. The Morgan fingerprint density at radius 1 is 1.21 bits per heavy atom. The number of methoxy groups -OCH3 is 1. The van der Waals surface area contributed by atoms with Crippen LogP contribution >= 0.6 is 11.3 Å². The molecule has 0 aliphatic carbocycles. The van der Waals surface area contributed by atoms with Crippen molar-refractivity contribution in [2.75, 3.05) is 19.0 Å². The lowest BCUT2D eigenvalue weighted by Gasteiger charge is -2.34. The predicted molar refractivity (Wildman–Crippen MR) is 99.3 cm³/mol. The van der Waals surface area contributed by atoms with Gasteiger partial charge in [0.15, 0.2) is 0 Å². The number of nitrogens with one attached hydrogen (secondary N) is 1. The molecule has 0 saturated carbocycles. The summed E-state index contributed by atoms with van der Waals surface area (Å²) in [7, 11) is 1.07. The number of carbonyl (C=O) groups is 3. The summed E-state index contributed by atoms with van der Waals surface area (Å²) in [6.07, 6.45) is 1.93. The molecule has 148 valence electrons. The van der Waals surface area contributed by atoms with Crippen molar-refractivity contribution in [1.82, 2.24) is 4.90 Å². The van der Waals surface area contributed by atoms with Crippen molar-refractivity contribution >= 4 is 34.8 Å². The fourth-order valence-corrected chi connectivity index (χ4v) is 3.80. The van der Waals surface area contributed by atoms with Crippen LogP contribution in [0, 0.1) is 11.6 Å². The van der Waals surface area contributed by atoms with Crippen LogP contribution in [0.2, 0.25) is 0 Å². The molecule has 3 rings (SSSR count). The summed E-state index contributed by atoms with van der Waals surface area (Å²) >= 11 is 1.28. The number of likely N-dealkylation sites (tertiary alicyclic amines) is 1. The Bertz CT molecular complexity index is 902. The first-order valence-corrected chi connectivity index (χ1v) is 9.53. The van der Waals surface area contributed by atoms with E-state index < -0.39 is 35.1 Å². The monoisotopic (exact) mass is 408 g/mol. The van der Waals surface area contributed by atoms with E-state index in [0.717, 1.165) is 26.0 Å². The lowest BCUT2D eigenvalue weighted by molar-refractivity contribution is -0.121. The van der Waals surface area contributed by atoms with Crippen LogP contribution in [0.1, 0.15) is 39.3 Å². The van der Waals surface area contributed by atoms with Gasteiger partial charge in [-0.15, -0.1) is 11.3 Å². The van der Waals surface area contributed by atoms with E-state index in [1.54, 1.807) is 17.5 Å². The van der Waals surface area contributed by atoms with Gasteiger partial charge in [-0.2, -0.15) is 0 Å². The highest BCUT2D eigenvalue weighted by Crippen LogP contribution is 2.25. The van der Waals surface area contributed by atoms with Gasteiger partial charge in [-0.05, 0) is 36.8 Å². The second-order valence-corrected chi connectivity index (χ2v) is 7.23. The number of thiophene rings is 1. The van der Waals surface area contributed by atoms with E-state index in [-0.39, 0.29) is 11.6 Å². The Labute approximate surface area is 164 Å². The zero-order valence-electron chi connectivity index (χ0n) is 15.0. The van der Waals surface area contributed by atoms with Gasteiger partial charge in [-0.3, -0.25) is 9.59 Å². The quantitative estimate of drug-likeness (QED) is 0.787. The molecule has 1 atom stereocenters. The Hall–Kier alpha value is -2.81. The van der Waals surface area contributed by atoms with Crippen LogP contribution in [0.4, 0.5) is 14.5 Å². The van der Waals surface area contributed by atoms with Crippen LogP contribution in [-0.2, 0) is 9.53 Å². The molecule has 1 aromatic carbocycles. The van der Waals surface area contributed by atoms with Gasteiger partial charge in [0.2, 0.25) is 5.91 Å². The minimum absolute atomic E-state index is 0.260. The molecule has 1 fully saturated rings. The van der Waals surface area contributed by atoms with Gasteiger partial charge >= 0.3 is 5.97 Å². The van der Waals surface area contributed by atoms with E-state index in [1.807, 2.05) is 0 Å². The van der Waals surface area contributed by atoms with Crippen molar-refractivity contribution in [2.45, 2.75) is 25.3 Å². The van der Waals surface area contributed by atoms with E-state index in [2.05, 4.69) is 10.1 Å². The molecule has 0 radical (unpaired) electrons. The molecule has 1 aromatic heterocycles. The van der Waals surface area contributed by atoms with E-state index in [0.29, 0.717) is 23.9 Å². The number of rotatable bonds is 4. The van der Waals surface area contributed by atoms with Crippen LogP contribution in [0.15, 0.2) is 29.6 Å². The highest BCUT2D eigenvalue weighted by atomic mass is 32.1. The van der Waals surface area contributed by atoms with Crippen LogP contribution in [0.3, 0.4) is 0 Å². The van der Waals surface area contributed by atoms with Gasteiger partial charge < -0.3 is 15.0 Å². The number of carbonyl (C=O) groups excluding carboxylic acids is 3. The zero-order valence-corrected chi connectivity index (χ0v) is 15.9. The number of ether oxygens (including phenoxy) is 1. The maximum Gasteiger partial charge on any atom is 0.340 e. The van der Waals surface area contributed by atoms with Gasteiger partial charge in [0.05, 0.1) is 23.2 Å². The molecular weight excluding hydrogens is 390 g/mol. The number of hydrogen-bond acceptors (Lipinski definition) is 5. The maximum absolute atomic E-state index is 14.1. The average molecular weight is 408 g/mol. The standard InChI is InChI=1S/C19H18F2N2O4S/c1-27-19(26)11-9-14(13(21)10-12(11)20)22-17(24)15-5-2-3-7-23(15)18(25)16-6-4-8-28-16/h4,6,8-10,15H,2-3,5,7H2,1H3,(H,22,24). The van der Waals surface area contributed by atoms with Gasteiger partial charge in [0.1, 0.15) is 17.7 Å². The summed E-state index contributed by atoms with van der Waals surface area (Å²) in [5.74, 6) is -3.95. The minimum Gasteiger partial charge on any atom is -0.465 e. The van der Waals surface area contributed by atoms with E-state index in [9.17, 15) is 23.2 Å². The van der Waals surface area contributed by atoms with Gasteiger partial charge in [0, 0.05) is 12.6 Å². The number of halogens is 2. The smallest absolute Gasteiger partial charge is 0.340 e. The second-order valence-electron chi connectivity index (χ2n) is 6.28. The number of esters is 1. The zero-order chi connectivity index (χ0) is 20.3. The molecule has 1 unspecified atom stereocenters. The first-order valence-electron chi connectivity index (χ1n) is 8.65. The van der Waals surface area contributed by atoms with Gasteiger partial charge in [-0.1, -0.05) is 6.07 Å². The third-order valence-corrected chi connectivity index (χ3v) is 5.38. The molecule has 28 heavy (non-hydrogen) atoms. The van der Waals surface area contributed by atoms with E-state index in [4.69, 9.17) is 0 Å². The van der Waals surface area contributed by atoms with Crippen molar-refractivity contribution in [2.24, 2.45) is 0 Å². The second kappa shape index (κ2) is 8.47. The van der Waals surface area contributed by atoms with Crippen LogP contribution in [0.25, 0.3) is 0 Å². The predicted octanol–water partition coefficient (Wildman–Crippen LogP) is 3.45. The number of piperidine rings is 1. The van der Waals surface area contributed by atoms with Gasteiger partial charge in [0.25, 0.3) is 5.91 Å². The SMILES string of the molecule is COC(=O)c1cc(NC(=O)C2CCCCN2C(=O)c2cccs2)c(F)cc1F. The van der Waals surface area contributed by atoms with Crippen molar-refractivity contribution in [3.63, 3.8) is 0 Å². The summed E-state index contributed by atoms with van der Waals surface area (Å²) in [6, 6.07) is 4.05. The molecule has 2 aromatic rings. The highest BCUT2D eigenvalue weighted by Gasteiger charge is 2.33. The molecule has 0 bridgehead atoms. The highest BCUT2D eigenvalue weighted by molar-refractivity contribution is 7.12. The van der Waals surface area contributed by atoms with Crippen molar-refractivity contribution in [1.29, 1.82) is 0 Å². The normalized spacial score (nSPS) is 16.5. The fourth-order valence-electron chi connectivity index (χ4n) is 3.12. The number of nitrogens with zero attached hydrogens (tertiary/aromatic N) is 1. The molecule has 2 heterocycles. The third-order valence-electron chi connectivity index (χ3n) is 4.52. The first-order chi connectivity index (χ1) is 13.4. The van der Waals surface area contributed by atoms with Crippen molar-refractivity contribution < 1.29 is 27.9 Å². The van der Waals surface area contributed by atoms with Crippen molar-refractivity contribution in [3.05, 3.63) is 51.7 Å². The Kier molecular flexibility index (Phi) is 6.03. The number of hydrogen-bond donors (Lipinski definition) is 1. The lowest BCUT2D eigenvalue weighted by Crippen LogP contribution is -2.49. The van der Waals surface area contributed by atoms with Crippen LogP contribution in [0.5, 0.6) is 0 Å². The molecule has 1 saturated heterocycles. The molecule has 6 nitrogen and oxygen atoms in total. The summed E-state index contributed by atoms with van der Waals surface area (Å²) in [5.41, 5.74) is -0.838. The maximum atomic E-state index is 14.1. The van der Waals surface area contributed by atoms with Crippen LogP contribution < -0.4 is 5.32 Å². The lowest BCUT2D eigenvalue weighted by atomic mass is 10.0. The number of amides is 2. The average Bonchev–Trinajstić information content (AvgIpc) is 3.23. The molecule has 1 aliphatic heterocycles. The van der Waals surface area contributed by atoms with Crippen LogP contribution in [-0.4, -0.2) is 42.4 Å². The molecule has 2 amide bonds. The number of anilines is 1. The molecule has 9 heteroatoms. The topological polar surface area (TPSA) is 75.7 Å². The van der Waals surface area contributed by atoms with E-state index in [1.165, 1.54) is 16.2 Å². The number of benzene rings is 1. The van der Waals surface area contributed by atoms with Crippen molar-refractivity contribution in [3.8, 4) is 0 Å². The van der Waals surface area contributed by atoms with E-state index >= 15 is 0 Å². The summed E-state index contributed by atoms with van der Waals surface area (Å²) < 4.78 is 32.4. The summed E-state index contributed by atoms with van der Waals surface area (Å²) in [6.45, 7) is 0.411. The first kappa shape index (κ1) is 19.9. The molecule has 1 aliphatic rings.